The maximum absolute atomic E-state index is 13.1. The van der Waals surface area contributed by atoms with Gasteiger partial charge in [-0.2, -0.15) is 0 Å². The van der Waals surface area contributed by atoms with Gasteiger partial charge in [0.2, 0.25) is 5.91 Å². The van der Waals surface area contributed by atoms with E-state index in [1.807, 2.05) is 29.6 Å². The zero-order valence-electron chi connectivity index (χ0n) is 13.5. The van der Waals surface area contributed by atoms with Crippen molar-refractivity contribution in [1.29, 1.82) is 0 Å². The molecule has 1 saturated carbocycles. The van der Waals surface area contributed by atoms with E-state index in [0.29, 0.717) is 0 Å². The molecule has 2 aromatic carbocycles. The second-order valence-corrected chi connectivity index (χ2v) is 7.41. The number of thiophene rings is 1. The summed E-state index contributed by atoms with van der Waals surface area (Å²) in [5.74, 6) is -0.405. The highest BCUT2D eigenvalue weighted by molar-refractivity contribution is 7.17. The van der Waals surface area contributed by atoms with Crippen LogP contribution in [0.4, 0.5) is 4.39 Å². The average Bonchev–Trinajstić information content (AvgIpc) is 3.33. The summed E-state index contributed by atoms with van der Waals surface area (Å²) < 4.78 is 14.2. The summed E-state index contributed by atoms with van der Waals surface area (Å²) in [6.07, 6.45) is 0.758. The molecule has 3 aromatic rings. The highest BCUT2D eigenvalue weighted by atomic mass is 32.1. The predicted octanol–water partition coefficient (Wildman–Crippen LogP) is 3.92. The molecule has 0 spiro atoms. The molecule has 0 bridgehead atoms. The van der Waals surface area contributed by atoms with E-state index in [4.69, 9.17) is 0 Å². The van der Waals surface area contributed by atoms with Gasteiger partial charge in [0.15, 0.2) is 0 Å². The van der Waals surface area contributed by atoms with Crippen molar-refractivity contribution in [2.75, 3.05) is 6.54 Å². The fourth-order valence-corrected chi connectivity index (χ4v) is 4.27. The van der Waals surface area contributed by atoms with Crippen LogP contribution in [0.3, 0.4) is 0 Å². The third kappa shape index (κ3) is 2.94. The van der Waals surface area contributed by atoms with E-state index < -0.39 is 11.5 Å². The first-order chi connectivity index (χ1) is 12.1. The van der Waals surface area contributed by atoms with Crippen molar-refractivity contribution in [3.05, 3.63) is 70.9 Å². The molecular weight excluding hydrogens is 337 g/mol. The van der Waals surface area contributed by atoms with Crippen molar-refractivity contribution in [1.82, 2.24) is 5.32 Å². The summed E-state index contributed by atoms with van der Waals surface area (Å²) in [4.78, 5) is 12.6. The molecule has 25 heavy (non-hydrogen) atoms. The minimum atomic E-state index is -0.746. The molecule has 0 aliphatic heterocycles. The van der Waals surface area contributed by atoms with Crippen molar-refractivity contribution < 1.29 is 14.3 Å². The monoisotopic (exact) mass is 355 g/mol. The first-order valence-electron chi connectivity index (χ1n) is 8.29. The predicted molar refractivity (Wildman–Crippen MR) is 97.1 cm³/mol. The summed E-state index contributed by atoms with van der Waals surface area (Å²) in [6.45, 7) is 0.169. The Kier molecular flexibility index (Phi) is 4.06. The fourth-order valence-electron chi connectivity index (χ4n) is 3.27. The molecule has 1 aromatic heterocycles. The highest BCUT2D eigenvalue weighted by Gasteiger charge is 2.51. The first kappa shape index (κ1) is 16.2. The molecule has 0 unspecified atom stereocenters. The summed E-state index contributed by atoms with van der Waals surface area (Å²) in [7, 11) is 0. The molecule has 3 nitrogen and oxygen atoms in total. The molecule has 1 heterocycles. The summed E-state index contributed by atoms with van der Waals surface area (Å²) in [5, 5.41) is 16.3. The van der Waals surface area contributed by atoms with Crippen LogP contribution in [0.5, 0.6) is 0 Å². The Balaban J connectivity index is 1.46. The number of aliphatic hydroxyl groups is 1. The van der Waals surface area contributed by atoms with Gasteiger partial charge in [-0.3, -0.25) is 4.79 Å². The Morgan fingerprint density at radius 2 is 1.92 bits per heavy atom. The molecule has 1 atom stereocenters. The topological polar surface area (TPSA) is 49.3 Å². The van der Waals surface area contributed by atoms with Gasteiger partial charge in [-0.15, -0.1) is 11.3 Å². The Bertz CT molecular complexity index is 915. The van der Waals surface area contributed by atoms with Crippen molar-refractivity contribution in [2.45, 2.75) is 24.4 Å². The number of rotatable bonds is 5. The van der Waals surface area contributed by atoms with Gasteiger partial charge in [-0.05, 0) is 47.4 Å². The number of amides is 1. The lowest BCUT2D eigenvalue weighted by molar-refractivity contribution is -0.124. The van der Waals surface area contributed by atoms with Crippen molar-refractivity contribution in [2.24, 2.45) is 0 Å². The Morgan fingerprint density at radius 1 is 1.20 bits per heavy atom. The molecule has 1 amide bonds. The van der Waals surface area contributed by atoms with Gasteiger partial charge in [0.25, 0.3) is 0 Å². The molecule has 1 fully saturated rings. The zero-order chi connectivity index (χ0) is 17.4. The van der Waals surface area contributed by atoms with Crippen LogP contribution in [0, 0.1) is 5.82 Å². The van der Waals surface area contributed by atoms with Gasteiger partial charge in [-0.1, -0.05) is 30.3 Å². The SMILES string of the molecule is O=C(NC[C@H](O)c1csc2ccccc12)C1(c2ccc(F)cc2)CC1. The number of benzene rings is 2. The average molecular weight is 355 g/mol. The second kappa shape index (κ2) is 6.24. The normalized spacial score (nSPS) is 16.6. The van der Waals surface area contributed by atoms with E-state index in [1.54, 1.807) is 23.5 Å². The number of carbonyl (C=O) groups is 1. The van der Waals surface area contributed by atoms with E-state index in [1.165, 1.54) is 12.1 Å². The lowest BCUT2D eigenvalue weighted by atomic mass is 9.95. The van der Waals surface area contributed by atoms with E-state index in [9.17, 15) is 14.3 Å². The van der Waals surface area contributed by atoms with Crippen LogP contribution in [0.25, 0.3) is 10.1 Å². The maximum Gasteiger partial charge on any atom is 0.230 e. The molecule has 0 saturated heterocycles. The molecule has 2 N–H and O–H groups in total. The number of aliphatic hydroxyl groups excluding tert-OH is 1. The zero-order valence-corrected chi connectivity index (χ0v) is 14.4. The van der Waals surface area contributed by atoms with E-state index >= 15 is 0 Å². The van der Waals surface area contributed by atoms with Crippen LogP contribution in [-0.2, 0) is 10.2 Å². The smallest absolute Gasteiger partial charge is 0.230 e. The largest absolute Gasteiger partial charge is 0.387 e. The van der Waals surface area contributed by atoms with Crippen LogP contribution in [0.2, 0.25) is 0 Å². The molecule has 1 aliphatic carbocycles. The third-order valence-electron chi connectivity index (χ3n) is 4.91. The first-order valence-corrected chi connectivity index (χ1v) is 9.17. The van der Waals surface area contributed by atoms with Crippen molar-refractivity contribution in [3.8, 4) is 0 Å². The Hall–Kier alpha value is -2.24. The van der Waals surface area contributed by atoms with Crippen LogP contribution in [0.1, 0.15) is 30.1 Å². The van der Waals surface area contributed by atoms with Crippen molar-refractivity contribution in [3.63, 3.8) is 0 Å². The van der Waals surface area contributed by atoms with Gasteiger partial charge < -0.3 is 10.4 Å². The summed E-state index contributed by atoms with van der Waals surface area (Å²) >= 11 is 1.58. The number of hydrogen-bond donors (Lipinski definition) is 2. The fraction of sp³-hybridized carbons (Fsp3) is 0.250. The van der Waals surface area contributed by atoms with E-state index in [0.717, 1.165) is 34.1 Å². The van der Waals surface area contributed by atoms with E-state index in [2.05, 4.69) is 5.32 Å². The Labute approximate surface area is 149 Å². The van der Waals surface area contributed by atoms with Crippen LogP contribution < -0.4 is 5.32 Å². The summed E-state index contributed by atoms with van der Waals surface area (Å²) in [5.41, 5.74) is 1.11. The summed E-state index contributed by atoms with van der Waals surface area (Å²) in [6, 6.07) is 14.0. The van der Waals surface area contributed by atoms with Crippen LogP contribution >= 0.6 is 11.3 Å². The van der Waals surface area contributed by atoms with Crippen LogP contribution in [0.15, 0.2) is 53.9 Å². The molecule has 1 aliphatic rings. The minimum Gasteiger partial charge on any atom is -0.387 e. The second-order valence-electron chi connectivity index (χ2n) is 6.50. The Morgan fingerprint density at radius 3 is 2.64 bits per heavy atom. The van der Waals surface area contributed by atoms with Gasteiger partial charge in [0, 0.05) is 16.8 Å². The van der Waals surface area contributed by atoms with Gasteiger partial charge >= 0.3 is 0 Å². The van der Waals surface area contributed by atoms with Gasteiger partial charge in [0.1, 0.15) is 5.82 Å². The number of carbonyl (C=O) groups excluding carboxylic acids is 1. The number of nitrogens with one attached hydrogen (secondary N) is 1. The number of halogens is 1. The lowest BCUT2D eigenvalue weighted by Gasteiger charge is -2.18. The van der Waals surface area contributed by atoms with Crippen molar-refractivity contribution >= 4 is 27.3 Å². The molecule has 128 valence electrons. The van der Waals surface area contributed by atoms with Gasteiger partial charge in [0.05, 0.1) is 11.5 Å². The van der Waals surface area contributed by atoms with Crippen LogP contribution in [-0.4, -0.2) is 17.6 Å². The molecule has 0 radical (unpaired) electrons. The quantitative estimate of drug-likeness (QED) is 0.729. The standard InChI is InChI=1S/C20H18FNO2S/c21-14-7-5-13(6-8-14)20(9-10-20)19(24)22-11-17(23)16-12-25-18-4-2-1-3-15(16)18/h1-8,12,17,23H,9-11H2,(H,22,24)/t17-/m0/s1. The molecular formula is C20H18FNO2S. The van der Waals surface area contributed by atoms with E-state index in [-0.39, 0.29) is 18.3 Å². The third-order valence-corrected chi connectivity index (χ3v) is 5.89. The van der Waals surface area contributed by atoms with Gasteiger partial charge in [-0.25, -0.2) is 4.39 Å². The number of hydrogen-bond acceptors (Lipinski definition) is 3. The highest BCUT2D eigenvalue weighted by Crippen LogP contribution is 2.48. The number of fused-ring (bicyclic) bond motifs is 1. The minimum absolute atomic E-state index is 0.0994. The lowest BCUT2D eigenvalue weighted by Crippen LogP contribution is -2.37. The molecule has 5 heteroatoms. The maximum atomic E-state index is 13.1. The molecule has 4 rings (SSSR count).